The number of nitro benzene ring substituents is 1. The van der Waals surface area contributed by atoms with Crippen molar-refractivity contribution in [3.63, 3.8) is 0 Å². The van der Waals surface area contributed by atoms with Crippen molar-refractivity contribution in [2.45, 2.75) is 26.8 Å². The number of nitrogens with one attached hydrogen (secondary N) is 1. The van der Waals surface area contributed by atoms with Gasteiger partial charge in [0.1, 0.15) is 18.8 Å². The largest absolute Gasteiger partial charge is 0.486 e. The maximum absolute atomic E-state index is 12.2. The SMILES string of the molecule is CC(C)C(C)NC(=O)COC(=O)c1cc2c(cc1[N+](=O)[O-])OCCO2. The van der Waals surface area contributed by atoms with E-state index in [0.717, 1.165) is 6.07 Å². The third kappa shape index (κ3) is 4.59. The van der Waals surface area contributed by atoms with E-state index in [1.807, 2.05) is 20.8 Å². The molecule has 0 bridgehead atoms. The number of carbonyl (C=O) groups excluding carboxylic acids is 2. The second-order valence-corrected chi connectivity index (χ2v) is 5.95. The van der Waals surface area contributed by atoms with Gasteiger partial charge < -0.3 is 19.5 Å². The molecule has 1 aliphatic rings. The molecule has 1 N–H and O–H groups in total. The van der Waals surface area contributed by atoms with Crippen LogP contribution in [0.3, 0.4) is 0 Å². The van der Waals surface area contributed by atoms with Gasteiger partial charge in [-0.25, -0.2) is 4.79 Å². The highest BCUT2D eigenvalue weighted by Gasteiger charge is 2.27. The number of benzene rings is 1. The Labute approximate surface area is 144 Å². The van der Waals surface area contributed by atoms with Gasteiger partial charge in [0.2, 0.25) is 0 Å². The number of nitro groups is 1. The maximum atomic E-state index is 12.2. The first-order valence-corrected chi connectivity index (χ1v) is 7.84. The van der Waals surface area contributed by atoms with Gasteiger partial charge >= 0.3 is 5.97 Å². The van der Waals surface area contributed by atoms with Crippen LogP contribution in [-0.2, 0) is 9.53 Å². The van der Waals surface area contributed by atoms with Gasteiger partial charge in [-0.15, -0.1) is 0 Å². The van der Waals surface area contributed by atoms with Crippen LogP contribution in [0.4, 0.5) is 5.69 Å². The van der Waals surface area contributed by atoms with Crippen molar-refractivity contribution in [1.82, 2.24) is 5.32 Å². The minimum Gasteiger partial charge on any atom is -0.486 e. The van der Waals surface area contributed by atoms with E-state index < -0.39 is 29.1 Å². The Bertz CT molecular complexity index is 687. The summed E-state index contributed by atoms with van der Waals surface area (Å²) < 4.78 is 15.5. The molecule has 1 heterocycles. The lowest BCUT2D eigenvalue weighted by atomic mass is 10.1. The lowest BCUT2D eigenvalue weighted by molar-refractivity contribution is -0.385. The molecular weight excluding hydrogens is 332 g/mol. The predicted octanol–water partition coefficient (Wildman–Crippen LogP) is 1.68. The zero-order valence-corrected chi connectivity index (χ0v) is 14.2. The van der Waals surface area contributed by atoms with Crippen LogP contribution in [-0.4, -0.2) is 42.7 Å². The molecule has 0 aromatic heterocycles. The summed E-state index contributed by atoms with van der Waals surface area (Å²) in [6.45, 7) is 5.72. The summed E-state index contributed by atoms with van der Waals surface area (Å²) in [7, 11) is 0. The van der Waals surface area contributed by atoms with E-state index in [1.54, 1.807) is 0 Å². The minimum atomic E-state index is -0.976. The van der Waals surface area contributed by atoms with Crippen LogP contribution < -0.4 is 14.8 Å². The summed E-state index contributed by atoms with van der Waals surface area (Å²) in [4.78, 5) is 34.4. The number of esters is 1. The van der Waals surface area contributed by atoms with Crippen molar-refractivity contribution in [2.24, 2.45) is 5.92 Å². The van der Waals surface area contributed by atoms with E-state index in [4.69, 9.17) is 14.2 Å². The standard InChI is InChI=1S/C16H20N2O7/c1-9(2)10(3)17-15(19)8-25-16(20)11-6-13-14(24-5-4-23-13)7-12(11)18(21)22/h6-7,9-10H,4-5,8H2,1-3H3,(H,17,19). The van der Waals surface area contributed by atoms with Gasteiger partial charge in [-0.2, -0.15) is 0 Å². The predicted molar refractivity (Wildman–Crippen MR) is 86.8 cm³/mol. The van der Waals surface area contributed by atoms with Gasteiger partial charge in [0.05, 0.1) is 11.0 Å². The molecule has 0 saturated carbocycles. The summed E-state index contributed by atoms with van der Waals surface area (Å²) >= 11 is 0. The molecule has 1 unspecified atom stereocenters. The van der Waals surface area contributed by atoms with E-state index in [-0.39, 0.29) is 42.2 Å². The Morgan fingerprint density at radius 1 is 1.24 bits per heavy atom. The molecule has 0 aliphatic carbocycles. The third-order valence-corrected chi connectivity index (χ3v) is 3.80. The van der Waals surface area contributed by atoms with Crippen LogP contribution >= 0.6 is 0 Å². The zero-order valence-electron chi connectivity index (χ0n) is 14.2. The van der Waals surface area contributed by atoms with Crippen molar-refractivity contribution < 1.29 is 28.7 Å². The number of hydrogen-bond donors (Lipinski definition) is 1. The van der Waals surface area contributed by atoms with Crippen molar-refractivity contribution in [1.29, 1.82) is 0 Å². The fraction of sp³-hybridized carbons (Fsp3) is 0.500. The quantitative estimate of drug-likeness (QED) is 0.470. The van der Waals surface area contributed by atoms with E-state index in [9.17, 15) is 19.7 Å². The lowest BCUT2D eigenvalue weighted by Gasteiger charge is -2.19. The highest BCUT2D eigenvalue weighted by atomic mass is 16.6. The first-order valence-electron chi connectivity index (χ1n) is 7.84. The summed E-state index contributed by atoms with van der Waals surface area (Å²) in [6, 6.07) is 2.23. The highest BCUT2D eigenvalue weighted by Crippen LogP contribution is 2.36. The molecular formula is C16H20N2O7. The number of rotatable bonds is 6. The van der Waals surface area contributed by atoms with Gasteiger partial charge in [0.15, 0.2) is 18.1 Å². The first-order chi connectivity index (χ1) is 11.8. The Morgan fingerprint density at radius 3 is 2.40 bits per heavy atom. The molecule has 1 amide bonds. The van der Waals surface area contributed by atoms with Crippen molar-refractivity contribution in [3.05, 3.63) is 27.8 Å². The third-order valence-electron chi connectivity index (χ3n) is 3.80. The molecule has 0 saturated heterocycles. The second kappa shape index (κ2) is 7.82. The van der Waals surface area contributed by atoms with Crippen molar-refractivity contribution in [2.75, 3.05) is 19.8 Å². The Balaban J connectivity index is 2.10. The smallest absolute Gasteiger partial charge is 0.345 e. The number of carbonyl (C=O) groups is 2. The molecule has 2 rings (SSSR count). The lowest BCUT2D eigenvalue weighted by Crippen LogP contribution is -2.38. The van der Waals surface area contributed by atoms with Crippen molar-refractivity contribution >= 4 is 17.6 Å². The molecule has 1 aromatic rings. The molecule has 136 valence electrons. The number of nitrogens with zero attached hydrogens (tertiary/aromatic N) is 1. The van der Waals surface area contributed by atoms with Gasteiger partial charge in [-0.1, -0.05) is 13.8 Å². The topological polar surface area (TPSA) is 117 Å². The van der Waals surface area contributed by atoms with Gasteiger partial charge in [-0.3, -0.25) is 14.9 Å². The minimum absolute atomic E-state index is 0.0881. The van der Waals surface area contributed by atoms with E-state index in [1.165, 1.54) is 6.07 Å². The molecule has 9 nitrogen and oxygen atoms in total. The fourth-order valence-electron chi connectivity index (χ4n) is 2.06. The van der Waals surface area contributed by atoms with E-state index in [2.05, 4.69) is 5.32 Å². The summed E-state index contributed by atoms with van der Waals surface area (Å²) in [5, 5.41) is 13.9. The summed E-state index contributed by atoms with van der Waals surface area (Å²) in [6.07, 6.45) is 0. The molecule has 1 atom stereocenters. The zero-order chi connectivity index (χ0) is 18.6. The number of ether oxygens (including phenoxy) is 3. The normalized spacial score (nSPS) is 13.9. The molecule has 9 heteroatoms. The Morgan fingerprint density at radius 2 is 1.84 bits per heavy atom. The van der Waals surface area contributed by atoms with Gasteiger partial charge in [0, 0.05) is 12.1 Å². The Kier molecular flexibility index (Phi) is 5.79. The van der Waals surface area contributed by atoms with Crippen LogP contribution in [0.1, 0.15) is 31.1 Å². The molecule has 25 heavy (non-hydrogen) atoms. The molecule has 0 radical (unpaired) electrons. The monoisotopic (exact) mass is 352 g/mol. The van der Waals surface area contributed by atoms with Crippen LogP contribution in [0.15, 0.2) is 12.1 Å². The number of fused-ring (bicyclic) bond motifs is 1. The molecule has 0 spiro atoms. The van der Waals surface area contributed by atoms with Gasteiger partial charge in [-0.05, 0) is 12.8 Å². The molecule has 1 aliphatic heterocycles. The average Bonchev–Trinajstić information content (AvgIpc) is 2.58. The maximum Gasteiger partial charge on any atom is 0.345 e. The van der Waals surface area contributed by atoms with Crippen LogP contribution in [0.5, 0.6) is 11.5 Å². The summed E-state index contributed by atoms with van der Waals surface area (Å²) in [5.41, 5.74) is -0.760. The van der Waals surface area contributed by atoms with Crippen molar-refractivity contribution in [3.8, 4) is 11.5 Å². The molecule has 1 aromatic carbocycles. The van der Waals surface area contributed by atoms with Crippen LogP contribution in [0.25, 0.3) is 0 Å². The Hall–Kier alpha value is -2.84. The van der Waals surface area contributed by atoms with Crippen LogP contribution in [0, 0.1) is 16.0 Å². The highest BCUT2D eigenvalue weighted by molar-refractivity contribution is 5.96. The first kappa shape index (κ1) is 18.5. The average molecular weight is 352 g/mol. The van der Waals surface area contributed by atoms with E-state index >= 15 is 0 Å². The fourth-order valence-corrected chi connectivity index (χ4v) is 2.06. The van der Waals surface area contributed by atoms with E-state index in [0.29, 0.717) is 0 Å². The molecule has 0 fully saturated rings. The number of amides is 1. The number of hydrogen-bond acceptors (Lipinski definition) is 7. The van der Waals surface area contributed by atoms with Gasteiger partial charge in [0.25, 0.3) is 11.6 Å². The second-order valence-electron chi connectivity index (χ2n) is 5.95. The van der Waals surface area contributed by atoms with Crippen LogP contribution in [0.2, 0.25) is 0 Å². The summed E-state index contributed by atoms with van der Waals surface area (Å²) in [5.74, 6) is -0.816.